The van der Waals surface area contributed by atoms with E-state index in [9.17, 15) is 4.79 Å². The van der Waals surface area contributed by atoms with E-state index in [0.29, 0.717) is 17.7 Å². The summed E-state index contributed by atoms with van der Waals surface area (Å²) in [5.74, 6) is 1.46. The Labute approximate surface area is 126 Å². The summed E-state index contributed by atoms with van der Waals surface area (Å²) in [6.45, 7) is 10.7. The topological polar surface area (TPSA) is 20.3 Å². The molecule has 0 amide bonds. The van der Waals surface area contributed by atoms with Gasteiger partial charge < -0.3 is 0 Å². The van der Waals surface area contributed by atoms with Gasteiger partial charge in [-0.05, 0) is 32.9 Å². The maximum absolute atomic E-state index is 12.3. The number of benzene rings is 1. The molecule has 0 spiro atoms. The zero-order valence-corrected chi connectivity index (χ0v) is 13.8. The summed E-state index contributed by atoms with van der Waals surface area (Å²) in [5, 5.41) is 0.667. The van der Waals surface area contributed by atoms with E-state index in [1.807, 2.05) is 23.9 Å². The van der Waals surface area contributed by atoms with Crippen molar-refractivity contribution in [3.8, 4) is 0 Å². The van der Waals surface area contributed by atoms with E-state index in [0.717, 1.165) is 18.7 Å². The quantitative estimate of drug-likeness (QED) is 0.789. The summed E-state index contributed by atoms with van der Waals surface area (Å²) < 4.78 is 0. The number of Topliss-reactive ketones (excluding diaryl/α,β-unsaturated/α-hetero) is 1. The Bertz CT molecular complexity index is 466. The molecular weight excluding hydrogens is 266 g/mol. The molecule has 3 heteroatoms. The third-order valence-corrected chi connectivity index (χ3v) is 5.52. The average Bonchev–Trinajstić information content (AvgIpc) is 2.39. The molecule has 20 heavy (non-hydrogen) atoms. The lowest BCUT2D eigenvalue weighted by Crippen LogP contribution is -2.45. The normalized spacial score (nSPS) is 23.8. The van der Waals surface area contributed by atoms with Gasteiger partial charge in [0.1, 0.15) is 0 Å². The van der Waals surface area contributed by atoms with Gasteiger partial charge in [0.25, 0.3) is 0 Å². The molecule has 1 saturated heterocycles. The fourth-order valence-electron chi connectivity index (χ4n) is 2.84. The highest BCUT2D eigenvalue weighted by atomic mass is 32.2. The molecule has 1 aliphatic rings. The minimum absolute atomic E-state index is 0.273. The second-order valence-corrected chi connectivity index (χ2v) is 7.39. The number of nitrogens with zero attached hydrogens (tertiary/aromatic N) is 1. The van der Waals surface area contributed by atoms with Crippen LogP contribution in [0.15, 0.2) is 18.2 Å². The van der Waals surface area contributed by atoms with Gasteiger partial charge in [-0.1, -0.05) is 24.1 Å². The van der Waals surface area contributed by atoms with E-state index in [1.54, 1.807) is 0 Å². The van der Waals surface area contributed by atoms with Crippen LogP contribution in [-0.4, -0.2) is 40.8 Å². The van der Waals surface area contributed by atoms with Gasteiger partial charge in [-0.15, -0.1) is 0 Å². The molecule has 0 aromatic heterocycles. The molecule has 110 valence electrons. The molecule has 1 heterocycles. The van der Waals surface area contributed by atoms with E-state index in [2.05, 4.69) is 38.7 Å². The molecule has 0 aliphatic carbocycles. The smallest absolute Gasteiger partial charge is 0.164 e. The highest BCUT2D eigenvalue weighted by molar-refractivity contribution is 8.00. The molecule has 0 bridgehead atoms. The van der Waals surface area contributed by atoms with Crippen LogP contribution in [0.1, 0.15) is 41.8 Å². The summed E-state index contributed by atoms with van der Waals surface area (Å²) in [5.41, 5.74) is 3.21. The second kappa shape index (κ2) is 6.77. The van der Waals surface area contributed by atoms with Crippen LogP contribution < -0.4 is 0 Å². The van der Waals surface area contributed by atoms with Crippen molar-refractivity contribution in [1.82, 2.24) is 4.90 Å². The van der Waals surface area contributed by atoms with Crippen LogP contribution in [0, 0.1) is 13.8 Å². The number of thioether (sulfide) groups is 1. The van der Waals surface area contributed by atoms with Gasteiger partial charge in [-0.2, -0.15) is 11.8 Å². The molecule has 0 radical (unpaired) electrons. The van der Waals surface area contributed by atoms with Gasteiger partial charge in [0.2, 0.25) is 0 Å². The highest BCUT2D eigenvalue weighted by Gasteiger charge is 2.25. The fourth-order valence-corrected chi connectivity index (χ4v) is 4.00. The third kappa shape index (κ3) is 3.86. The first-order valence-electron chi connectivity index (χ1n) is 7.44. The van der Waals surface area contributed by atoms with Crippen LogP contribution in [0.2, 0.25) is 0 Å². The fraction of sp³-hybridized carbons (Fsp3) is 0.588. The Kier molecular flexibility index (Phi) is 5.28. The Morgan fingerprint density at radius 1 is 1.25 bits per heavy atom. The first-order chi connectivity index (χ1) is 9.47. The number of carbonyl (C=O) groups excluding carboxylic acids is 1. The maximum Gasteiger partial charge on any atom is 0.164 e. The summed E-state index contributed by atoms with van der Waals surface area (Å²) in [7, 11) is 0. The number of hydrogen-bond donors (Lipinski definition) is 0. The molecule has 0 N–H and O–H groups in total. The van der Waals surface area contributed by atoms with Crippen molar-refractivity contribution < 1.29 is 4.79 Å². The second-order valence-electron chi connectivity index (χ2n) is 5.90. The lowest BCUT2D eigenvalue weighted by atomic mass is 10.0. The molecule has 2 unspecified atom stereocenters. The molecule has 1 fully saturated rings. The first kappa shape index (κ1) is 15.6. The van der Waals surface area contributed by atoms with Crippen LogP contribution >= 0.6 is 11.8 Å². The number of ketones is 1. The number of aryl methyl sites for hydroxylation is 2. The number of carbonyl (C=O) groups is 1. The Hall–Kier alpha value is -0.800. The molecule has 1 aliphatic heterocycles. The van der Waals surface area contributed by atoms with Crippen molar-refractivity contribution >= 4 is 17.5 Å². The van der Waals surface area contributed by atoms with Gasteiger partial charge in [-0.3, -0.25) is 9.69 Å². The molecule has 2 rings (SSSR count). The van der Waals surface area contributed by atoms with Gasteiger partial charge in [0, 0.05) is 42.1 Å². The van der Waals surface area contributed by atoms with Crippen molar-refractivity contribution in [2.75, 3.05) is 18.8 Å². The van der Waals surface area contributed by atoms with E-state index < -0.39 is 0 Å². The Morgan fingerprint density at radius 2 is 1.90 bits per heavy atom. The van der Waals surface area contributed by atoms with Crippen LogP contribution in [0.25, 0.3) is 0 Å². The van der Waals surface area contributed by atoms with E-state index in [1.165, 1.54) is 16.9 Å². The van der Waals surface area contributed by atoms with Gasteiger partial charge in [0.15, 0.2) is 5.78 Å². The van der Waals surface area contributed by atoms with Crippen LogP contribution in [-0.2, 0) is 0 Å². The molecular formula is C17H25NOS. The molecule has 1 aromatic rings. The summed E-state index contributed by atoms with van der Waals surface area (Å²) in [6.07, 6.45) is 0.630. The molecule has 0 saturated carbocycles. The lowest BCUT2D eigenvalue weighted by molar-refractivity contribution is 0.0954. The monoisotopic (exact) mass is 291 g/mol. The first-order valence-corrected chi connectivity index (χ1v) is 8.49. The summed E-state index contributed by atoms with van der Waals surface area (Å²) in [6, 6.07) is 6.70. The summed E-state index contributed by atoms with van der Waals surface area (Å²) >= 11 is 2.04. The minimum Gasteiger partial charge on any atom is -0.298 e. The van der Waals surface area contributed by atoms with Crippen molar-refractivity contribution in [3.63, 3.8) is 0 Å². The number of hydrogen-bond acceptors (Lipinski definition) is 3. The molecule has 2 nitrogen and oxygen atoms in total. The largest absolute Gasteiger partial charge is 0.298 e. The zero-order valence-electron chi connectivity index (χ0n) is 13.0. The van der Waals surface area contributed by atoms with Crippen LogP contribution in [0.4, 0.5) is 0 Å². The zero-order chi connectivity index (χ0) is 14.7. The highest BCUT2D eigenvalue weighted by Crippen LogP contribution is 2.24. The van der Waals surface area contributed by atoms with E-state index in [-0.39, 0.29) is 5.78 Å². The van der Waals surface area contributed by atoms with Gasteiger partial charge in [-0.25, -0.2) is 0 Å². The molecule has 2 atom stereocenters. The summed E-state index contributed by atoms with van der Waals surface area (Å²) in [4.78, 5) is 14.8. The van der Waals surface area contributed by atoms with Gasteiger partial charge >= 0.3 is 0 Å². The van der Waals surface area contributed by atoms with E-state index in [4.69, 9.17) is 0 Å². The van der Waals surface area contributed by atoms with Crippen LogP contribution in [0.5, 0.6) is 0 Å². The minimum atomic E-state index is 0.273. The number of rotatable bonds is 4. The van der Waals surface area contributed by atoms with Crippen LogP contribution in [0.3, 0.4) is 0 Å². The van der Waals surface area contributed by atoms with Crippen molar-refractivity contribution in [2.45, 2.75) is 45.4 Å². The van der Waals surface area contributed by atoms with Crippen molar-refractivity contribution in [2.24, 2.45) is 0 Å². The maximum atomic E-state index is 12.3. The average molecular weight is 291 g/mol. The lowest BCUT2D eigenvalue weighted by Gasteiger charge is -2.37. The Morgan fingerprint density at radius 3 is 2.55 bits per heavy atom. The van der Waals surface area contributed by atoms with Crippen molar-refractivity contribution in [3.05, 3.63) is 34.9 Å². The van der Waals surface area contributed by atoms with Crippen molar-refractivity contribution in [1.29, 1.82) is 0 Å². The SMILES string of the molecule is Cc1cc(C)cc(C(=O)CCN2CCSC(C)C2C)c1. The predicted octanol–water partition coefficient (Wildman–Crippen LogP) is 3.70. The predicted molar refractivity (Wildman–Crippen MR) is 87.8 cm³/mol. The standard InChI is InChI=1S/C17H25NOS/c1-12-9-13(2)11-16(10-12)17(19)5-6-18-7-8-20-15(4)14(18)3/h9-11,14-15H,5-8H2,1-4H3. The van der Waals surface area contributed by atoms with E-state index >= 15 is 0 Å². The third-order valence-electron chi connectivity index (χ3n) is 4.18. The van der Waals surface area contributed by atoms with Gasteiger partial charge in [0.05, 0.1) is 0 Å². The molecule has 1 aromatic carbocycles. The Balaban J connectivity index is 1.94.